The Bertz CT molecular complexity index is 576. The number of benzene rings is 1. The lowest BCUT2D eigenvalue weighted by molar-refractivity contribution is 0.0666. The normalized spacial score (nSPS) is 10.6. The van der Waals surface area contributed by atoms with Gasteiger partial charge in [0.1, 0.15) is 0 Å². The summed E-state index contributed by atoms with van der Waals surface area (Å²) in [4.78, 5) is 10.8. The maximum absolute atomic E-state index is 10.8. The Morgan fingerprint density at radius 3 is 2.81 bits per heavy atom. The highest BCUT2D eigenvalue weighted by atomic mass is 35.5. The van der Waals surface area contributed by atoms with Gasteiger partial charge in [-0.3, -0.25) is 0 Å². The van der Waals surface area contributed by atoms with Gasteiger partial charge in [-0.1, -0.05) is 11.6 Å². The van der Waals surface area contributed by atoms with Gasteiger partial charge in [0, 0.05) is 16.5 Å². The summed E-state index contributed by atoms with van der Waals surface area (Å²) in [6.07, 6.45) is 0. The van der Waals surface area contributed by atoms with E-state index in [4.69, 9.17) is 31.6 Å². The van der Waals surface area contributed by atoms with Crippen molar-refractivity contribution < 1.29 is 19.1 Å². The fourth-order valence-corrected chi connectivity index (χ4v) is 1.67. The summed E-state index contributed by atoms with van der Waals surface area (Å²) >= 11 is 5.84. The number of hydrogen-bond donors (Lipinski definition) is 2. The molecule has 0 atom stereocenters. The van der Waals surface area contributed by atoms with E-state index in [0.717, 1.165) is 0 Å². The highest BCUT2D eigenvalue weighted by Crippen LogP contribution is 2.37. The van der Waals surface area contributed by atoms with E-state index in [1.54, 1.807) is 0 Å². The standard InChI is InChI=1S/C10H8ClNO4/c1-15-6-3-4(11)2-5-7(12)9(10(13)14)16-8(5)6/h2-3H,12H2,1H3,(H,13,14). The predicted octanol–water partition coefficient (Wildman–Crippen LogP) is 2.38. The summed E-state index contributed by atoms with van der Waals surface area (Å²) in [7, 11) is 1.43. The molecule has 1 aromatic heterocycles. The second kappa shape index (κ2) is 3.61. The van der Waals surface area contributed by atoms with E-state index in [9.17, 15) is 4.79 Å². The molecule has 1 aromatic carbocycles. The summed E-state index contributed by atoms with van der Waals surface area (Å²) < 4.78 is 10.2. The zero-order chi connectivity index (χ0) is 11.9. The quantitative estimate of drug-likeness (QED) is 0.843. The van der Waals surface area contributed by atoms with Gasteiger partial charge >= 0.3 is 5.97 Å². The van der Waals surface area contributed by atoms with Gasteiger partial charge in [-0.2, -0.15) is 0 Å². The van der Waals surface area contributed by atoms with Gasteiger partial charge in [0.05, 0.1) is 12.8 Å². The van der Waals surface area contributed by atoms with Crippen molar-refractivity contribution in [2.75, 3.05) is 12.8 Å². The van der Waals surface area contributed by atoms with E-state index in [0.29, 0.717) is 16.2 Å². The van der Waals surface area contributed by atoms with Crippen LogP contribution in [0.5, 0.6) is 5.75 Å². The molecule has 0 aliphatic rings. The molecule has 0 radical (unpaired) electrons. The van der Waals surface area contributed by atoms with Crippen molar-refractivity contribution in [1.29, 1.82) is 0 Å². The van der Waals surface area contributed by atoms with Crippen molar-refractivity contribution in [2.24, 2.45) is 0 Å². The lowest BCUT2D eigenvalue weighted by Gasteiger charge is -2.00. The molecule has 0 saturated heterocycles. The average molecular weight is 242 g/mol. The summed E-state index contributed by atoms with van der Waals surface area (Å²) in [5, 5.41) is 9.68. The van der Waals surface area contributed by atoms with Gasteiger partial charge in [0.2, 0.25) is 5.76 Å². The maximum atomic E-state index is 10.8. The molecule has 0 unspecified atom stereocenters. The number of nitrogens with two attached hydrogens (primary N) is 1. The van der Waals surface area contributed by atoms with Crippen molar-refractivity contribution in [3.8, 4) is 5.75 Å². The smallest absolute Gasteiger partial charge is 0.374 e. The van der Waals surface area contributed by atoms with Gasteiger partial charge in [-0.25, -0.2) is 4.79 Å². The Morgan fingerprint density at radius 2 is 2.25 bits per heavy atom. The third-order valence-electron chi connectivity index (χ3n) is 2.17. The maximum Gasteiger partial charge on any atom is 0.374 e. The number of carboxylic acid groups (broad SMARTS) is 1. The molecule has 5 nitrogen and oxygen atoms in total. The Kier molecular flexibility index (Phi) is 2.40. The number of fused-ring (bicyclic) bond motifs is 1. The molecule has 0 fully saturated rings. The Hall–Kier alpha value is -1.88. The van der Waals surface area contributed by atoms with E-state index in [2.05, 4.69) is 0 Å². The molecular weight excluding hydrogens is 234 g/mol. The Labute approximate surface area is 95.3 Å². The topological polar surface area (TPSA) is 85.7 Å². The van der Waals surface area contributed by atoms with Gasteiger partial charge in [-0.15, -0.1) is 0 Å². The highest BCUT2D eigenvalue weighted by Gasteiger charge is 2.20. The van der Waals surface area contributed by atoms with Crippen LogP contribution in [0.15, 0.2) is 16.5 Å². The minimum atomic E-state index is -1.23. The number of ether oxygens (including phenoxy) is 1. The van der Waals surface area contributed by atoms with Crippen LogP contribution in [0.25, 0.3) is 11.0 Å². The summed E-state index contributed by atoms with van der Waals surface area (Å²) in [6, 6.07) is 3.06. The van der Waals surface area contributed by atoms with Crippen molar-refractivity contribution in [1.82, 2.24) is 0 Å². The number of carbonyl (C=O) groups is 1. The molecule has 0 aliphatic heterocycles. The first-order valence-corrected chi connectivity index (χ1v) is 4.71. The van der Waals surface area contributed by atoms with Crippen LogP contribution < -0.4 is 10.5 Å². The van der Waals surface area contributed by atoms with Crippen LogP contribution >= 0.6 is 11.6 Å². The van der Waals surface area contributed by atoms with E-state index in [-0.39, 0.29) is 17.0 Å². The fraction of sp³-hybridized carbons (Fsp3) is 0.100. The first-order valence-electron chi connectivity index (χ1n) is 4.33. The molecule has 3 N–H and O–H groups in total. The predicted molar refractivity (Wildman–Crippen MR) is 59.1 cm³/mol. The summed E-state index contributed by atoms with van der Waals surface area (Å²) in [5.74, 6) is -1.19. The zero-order valence-electron chi connectivity index (χ0n) is 8.28. The van der Waals surface area contributed by atoms with Crippen molar-refractivity contribution >= 4 is 34.2 Å². The Balaban J connectivity index is 2.85. The van der Waals surface area contributed by atoms with Gasteiger partial charge < -0.3 is 20.0 Å². The van der Waals surface area contributed by atoms with Crippen LogP contribution in [0.4, 0.5) is 5.69 Å². The second-order valence-electron chi connectivity index (χ2n) is 3.13. The monoisotopic (exact) mass is 241 g/mol. The van der Waals surface area contributed by atoms with Gasteiger partial charge in [0.15, 0.2) is 11.3 Å². The molecule has 6 heteroatoms. The molecule has 16 heavy (non-hydrogen) atoms. The number of furan rings is 1. The van der Waals surface area contributed by atoms with Crippen LogP contribution in [0, 0.1) is 0 Å². The second-order valence-corrected chi connectivity index (χ2v) is 3.57. The van der Waals surface area contributed by atoms with Crippen LogP contribution in [0.2, 0.25) is 5.02 Å². The fourth-order valence-electron chi connectivity index (χ4n) is 1.46. The minimum Gasteiger partial charge on any atom is -0.493 e. The summed E-state index contributed by atoms with van der Waals surface area (Å²) in [6.45, 7) is 0. The molecule has 0 aliphatic carbocycles. The van der Waals surface area contributed by atoms with Crippen molar-refractivity contribution in [3.05, 3.63) is 22.9 Å². The van der Waals surface area contributed by atoms with E-state index in [1.165, 1.54) is 19.2 Å². The first-order chi connectivity index (χ1) is 7.54. The first kappa shape index (κ1) is 10.6. The molecule has 0 spiro atoms. The zero-order valence-corrected chi connectivity index (χ0v) is 9.04. The van der Waals surface area contributed by atoms with E-state index >= 15 is 0 Å². The molecule has 1 heterocycles. The van der Waals surface area contributed by atoms with Crippen LogP contribution in [0.3, 0.4) is 0 Å². The average Bonchev–Trinajstić information content (AvgIpc) is 2.55. The van der Waals surface area contributed by atoms with Crippen molar-refractivity contribution in [2.45, 2.75) is 0 Å². The van der Waals surface area contributed by atoms with Crippen LogP contribution in [-0.2, 0) is 0 Å². The molecule has 2 aromatic rings. The van der Waals surface area contributed by atoms with Crippen LogP contribution in [-0.4, -0.2) is 18.2 Å². The van der Waals surface area contributed by atoms with E-state index in [1.807, 2.05) is 0 Å². The lowest BCUT2D eigenvalue weighted by atomic mass is 10.2. The number of rotatable bonds is 2. The number of carboxylic acids is 1. The molecule has 0 saturated carbocycles. The van der Waals surface area contributed by atoms with Crippen molar-refractivity contribution in [3.63, 3.8) is 0 Å². The highest BCUT2D eigenvalue weighted by molar-refractivity contribution is 6.31. The van der Waals surface area contributed by atoms with Gasteiger partial charge in [0.25, 0.3) is 0 Å². The molecule has 2 rings (SSSR count). The molecule has 0 bridgehead atoms. The molecular formula is C10H8ClNO4. The third-order valence-corrected chi connectivity index (χ3v) is 2.39. The number of aromatic carboxylic acids is 1. The largest absolute Gasteiger partial charge is 0.493 e. The number of nitrogen functional groups attached to an aromatic ring is 1. The van der Waals surface area contributed by atoms with E-state index < -0.39 is 5.97 Å². The number of methoxy groups -OCH3 is 1. The van der Waals surface area contributed by atoms with Gasteiger partial charge in [-0.05, 0) is 6.07 Å². The summed E-state index contributed by atoms with van der Waals surface area (Å²) in [5.41, 5.74) is 5.97. The number of hydrogen-bond acceptors (Lipinski definition) is 4. The Morgan fingerprint density at radius 1 is 1.56 bits per heavy atom. The number of anilines is 1. The molecule has 84 valence electrons. The minimum absolute atomic E-state index is 0.0447. The third kappa shape index (κ3) is 1.45. The number of halogens is 1. The SMILES string of the molecule is COc1cc(Cl)cc2c(N)c(C(=O)O)oc12. The van der Waals surface area contributed by atoms with Crippen LogP contribution in [0.1, 0.15) is 10.6 Å². The molecule has 0 amide bonds. The lowest BCUT2D eigenvalue weighted by Crippen LogP contribution is -1.98.